The topological polar surface area (TPSA) is 105 Å². The number of carbonyl (C=O) groups excluding carboxylic acids is 1. The highest BCUT2D eigenvalue weighted by Gasteiger charge is 2.65. The molecule has 1 saturated carbocycles. The molecule has 7 nitrogen and oxygen atoms in total. The summed E-state index contributed by atoms with van der Waals surface area (Å²) in [6.45, 7) is 7.58. The second kappa shape index (κ2) is 6.55. The van der Waals surface area contributed by atoms with Gasteiger partial charge < -0.3 is 14.9 Å². The third kappa shape index (κ3) is 3.47. The minimum atomic E-state index is -0.925. The molecule has 0 aliphatic heterocycles. The predicted molar refractivity (Wildman–Crippen MR) is 94.7 cm³/mol. The Morgan fingerprint density at radius 1 is 1.23 bits per heavy atom. The van der Waals surface area contributed by atoms with Crippen LogP contribution >= 0.6 is 0 Å². The number of hydrogen-bond donors (Lipinski definition) is 2. The minimum absolute atomic E-state index is 0.190. The maximum atomic E-state index is 12.3. The summed E-state index contributed by atoms with van der Waals surface area (Å²) in [5.74, 6) is -0.890. The van der Waals surface area contributed by atoms with Gasteiger partial charge in [0.1, 0.15) is 0 Å². The van der Waals surface area contributed by atoms with Crippen molar-refractivity contribution in [2.75, 3.05) is 5.32 Å². The summed E-state index contributed by atoms with van der Waals surface area (Å²) >= 11 is 0. The molecule has 2 aromatic rings. The Kier molecular flexibility index (Phi) is 4.56. The molecule has 0 spiro atoms. The van der Waals surface area contributed by atoms with E-state index in [4.69, 9.17) is 4.52 Å². The van der Waals surface area contributed by atoms with E-state index in [-0.39, 0.29) is 11.8 Å². The molecule has 1 aliphatic carbocycles. The normalized spacial score (nSPS) is 20.8. The van der Waals surface area contributed by atoms with E-state index in [2.05, 4.69) is 15.5 Å². The van der Waals surface area contributed by atoms with Gasteiger partial charge in [-0.1, -0.05) is 45.0 Å². The van der Waals surface area contributed by atoms with E-state index in [1.54, 1.807) is 26.0 Å². The SMILES string of the molecule is CC(C)c1nc(Cc2ccc(NC(=O)C3C(C(=O)O)C3(C)C)cc2)no1. The fraction of sp³-hybridized carbons (Fsp3) is 0.474. The minimum Gasteiger partial charge on any atom is -0.481 e. The molecule has 1 heterocycles. The molecule has 0 saturated heterocycles. The Bertz CT molecular complexity index is 824. The van der Waals surface area contributed by atoms with E-state index < -0.39 is 23.2 Å². The lowest BCUT2D eigenvalue weighted by atomic mass is 10.1. The zero-order valence-electron chi connectivity index (χ0n) is 15.3. The van der Waals surface area contributed by atoms with Gasteiger partial charge in [0.2, 0.25) is 11.8 Å². The molecule has 0 radical (unpaired) electrons. The van der Waals surface area contributed by atoms with Gasteiger partial charge in [-0.3, -0.25) is 9.59 Å². The lowest BCUT2D eigenvalue weighted by Gasteiger charge is -2.07. The highest BCUT2D eigenvalue weighted by molar-refractivity contribution is 5.99. The molecule has 2 N–H and O–H groups in total. The van der Waals surface area contributed by atoms with E-state index in [1.165, 1.54) is 0 Å². The van der Waals surface area contributed by atoms with Crippen LogP contribution in [0.3, 0.4) is 0 Å². The smallest absolute Gasteiger partial charge is 0.307 e. The summed E-state index contributed by atoms with van der Waals surface area (Å²) in [5, 5.41) is 16.0. The van der Waals surface area contributed by atoms with Crippen molar-refractivity contribution in [1.82, 2.24) is 10.1 Å². The van der Waals surface area contributed by atoms with Crippen molar-refractivity contribution in [2.45, 2.75) is 40.0 Å². The highest BCUT2D eigenvalue weighted by atomic mass is 16.5. The van der Waals surface area contributed by atoms with Crippen LogP contribution in [0.1, 0.15) is 50.9 Å². The number of amides is 1. The average Bonchev–Trinajstić information content (AvgIpc) is 2.90. The number of rotatable bonds is 6. The molecule has 1 aromatic heterocycles. The van der Waals surface area contributed by atoms with Crippen LogP contribution in [0.4, 0.5) is 5.69 Å². The van der Waals surface area contributed by atoms with Crippen LogP contribution in [0, 0.1) is 17.3 Å². The van der Waals surface area contributed by atoms with Gasteiger partial charge in [-0.2, -0.15) is 4.98 Å². The molecule has 1 amide bonds. The van der Waals surface area contributed by atoms with Gasteiger partial charge >= 0.3 is 5.97 Å². The van der Waals surface area contributed by atoms with Gasteiger partial charge in [0, 0.05) is 18.0 Å². The van der Waals surface area contributed by atoms with E-state index in [1.807, 2.05) is 26.0 Å². The van der Waals surface area contributed by atoms with Crippen LogP contribution in [0.2, 0.25) is 0 Å². The molecule has 26 heavy (non-hydrogen) atoms. The number of anilines is 1. The van der Waals surface area contributed by atoms with Crippen LogP contribution in [0.5, 0.6) is 0 Å². The Morgan fingerprint density at radius 3 is 2.38 bits per heavy atom. The number of carbonyl (C=O) groups is 2. The third-order valence-electron chi connectivity index (χ3n) is 4.94. The average molecular weight is 357 g/mol. The molecule has 138 valence electrons. The van der Waals surface area contributed by atoms with Crippen LogP contribution in [-0.2, 0) is 16.0 Å². The van der Waals surface area contributed by atoms with Gasteiger partial charge in [-0.05, 0) is 23.1 Å². The van der Waals surface area contributed by atoms with E-state index >= 15 is 0 Å². The van der Waals surface area contributed by atoms with E-state index in [9.17, 15) is 14.7 Å². The fourth-order valence-electron chi connectivity index (χ4n) is 3.27. The van der Waals surface area contributed by atoms with Gasteiger partial charge in [-0.25, -0.2) is 0 Å². The number of benzene rings is 1. The first-order valence-electron chi connectivity index (χ1n) is 8.65. The lowest BCUT2D eigenvalue weighted by Crippen LogP contribution is -2.17. The van der Waals surface area contributed by atoms with Gasteiger partial charge in [0.05, 0.1) is 11.8 Å². The zero-order chi connectivity index (χ0) is 19.1. The van der Waals surface area contributed by atoms with Gasteiger partial charge in [-0.15, -0.1) is 0 Å². The number of carboxylic acids is 1. The van der Waals surface area contributed by atoms with E-state index in [0.29, 0.717) is 23.8 Å². The van der Waals surface area contributed by atoms with Gasteiger partial charge in [0.25, 0.3) is 0 Å². The first kappa shape index (κ1) is 18.1. The standard InChI is InChI=1S/C19H23N3O4/c1-10(2)17-21-13(22-26-17)9-11-5-7-12(8-6-11)20-16(23)14-15(18(24)25)19(14,3)4/h5-8,10,14-15H,9H2,1-4H3,(H,20,23)(H,24,25). The molecule has 2 atom stereocenters. The molecule has 1 aliphatic rings. The summed E-state index contributed by atoms with van der Waals surface area (Å²) in [4.78, 5) is 27.9. The first-order valence-corrected chi connectivity index (χ1v) is 8.65. The van der Waals surface area contributed by atoms with Crippen LogP contribution in [0.15, 0.2) is 28.8 Å². The summed E-state index contributed by atoms with van der Waals surface area (Å²) in [7, 11) is 0. The second-order valence-electron chi connectivity index (χ2n) is 7.68. The van der Waals surface area contributed by atoms with Crippen molar-refractivity contribution in [2.24, 2.45) is 17.3 Å². The van der Waals surface area contributed by atoms with Crippen molar-refractivity contribution < 1.29 is 19.2 Å². The Labute approximate surface area is 151 Å². The number of hydrogen-bond acceptors (Lipinski definition) is 5. The first-order chi connectivity index (χ1) is 12.2. The summed E-state index contributed by atoms with van der Waals surface area (Å²) in [6, 6.07) is 7.35. The van der Waals surface area contributed by atoms with Crippen LogP contribution < -0.4 is 5.32 Å². The molecule has 2 unspecified atom stereocenters. The number of carboxylic acid groups (broad SMARTS) is 1. The number of nitrogens with zero attached hydrogens (tertiary/aromatic N) is 2. The molecular formula is C19H23N3O4. The predicted octanol–water partition coefficient (Wildman–Crippen LogP) is 3.08. The Balaban J connectivity index is 1.61. The van der Waals surface area contributed by atoms with E-state index in [0.717, 1.165) is 5.56 Å². The maximum Gasteiger partial charge on any atom is 0.307 e. The van der Waals surface area contributed by atoms with Gasteiger partial charge in [0.15, 0.2) is 5.82 Å². The van der Waals surface area contributed by atoms with Crippen LogP contribution in [0.25, 0.3) is 0 Å². The van der Waals surface area contributed by atoms with Crippen molar-refractivity contribution in [3.05, 3.63) is 41.5 Å². The van der Waals surface area contributed by atoms with Crippen molar-refractivity contribution in [3.63, 3.8) is 0 Å². The van der Waals surface area contributed by atoms with Crippen molar-refractivity contribution in [1.29, 1.82) is 0 Å². The molecule has 3 rings (SSSR count). The summed E-state index contributed by atoms with van der Waals surface area (Å²) in [5.41, 5.74) is 1.12. The maximum absolute atomic E-state index is 12.3. The number of nitrogens with one attached hydrogen (secondary N) is 1. The number of aromatic nitrogens is 2. The monoisotopic (exact) mass is 357 g/mol. The molecular weight excluding hydrogens is 334 g/mol. The Morgan fingerprint density at radius 2 is 1.88 bits per heavy atom. The summed E-state index contributed by atoms with van der Waals surface area (Å²) in [6.07, 6.45) is 0.543. The van der Waals surface area contributed by atoms with Crippen molar-refractivity contribution >= 4 is 17.6 Å². The molecule has 1 aromatic carbocycles. The molecule has 1 fully saturated rings. The molecule has 0 bridgehead atoms. The number of aliphatic carboxylic acids is 1. The Hall–Kier alpha value is -2.70. The van der Waals surface area contributed by atoms with Crippen molar-refractivity contribution in [3.8, 4) is 0 Å². The molecule has 7 heteroatoms. The largest absolute Gasteiger partial charge is 0.481 e. The highest BCUT2D eigenvalue weighted by Crippen LogP contribution is 2.58. The second-order valence-corrected chi connectivity index (χ2v) is 7.68. The lowest BCUT2D eigenvalue weighted by molar-refractivity contribution is -0.140. The quantitative estimate of drug-likeness (QED) is 0.823. The zero-order valence-corrected chi connectivity index (χ0v) is 15.3. The van der Waals surface area contributed by atoms with Crippen LogP contribution in [-0.4, -0.2) is 27.1 Å². The third-order valence-corrected chi connectivity index (χ3v) is 4.94. The summed E-state index contributed by atoms with van der Waals surface area (Å²) < 4.78 is 5.19. The fourth-order valence-corrected chi connectivity index (χ4v) is 3.27.